The van der Waals surface area contributed by atoms with Crippen molar-refractivity contribution in [3.8, 4) is 9.88 Å². The number of benzene rings is 1. The Bertz CT molecular complexity index is 904. The van der Waals surface area contributed by atoms with Gasteiger partial charge in [0.2, 0.25) is 5.91 Å². The first kappa shape index (κ1) is 22.8. The molecule has 4 rings (SSSR count). The SMILES string of the molecule is Cl.Cl.O=C(Cc1csc(-c2cccs2)n1)N1CCNCC1c1cccc(F)c1. The Balaban J connectivity index is 0.00000140. The van der Waals surface area contributed by atoms with Crippen LogP contribution in [-0.4, -0.2) is 35.4 Å². The van der Waals surface area contributed by atoms with Crippen LogP contribution in [0.5, 0.6) is 0 Å². The molecule has 1 atom stereocenters. The average Bonchev–Trinajstić information content (AvgIpc) is 3.33. The number of nitrogens with one attached hydrogen (secondary N) is 1. The highest BCUT2D eigenvalue weighted by Crippen LogP contribution is 2.29. The number of hydrogen-bond donors (Lipinski definition) is 1. The number of carbonyl (C=O) groups is 1. The van der Waals surface area contributed by atoms with Crippen molar-refractivity contribution in [3.63, 3.8) is 0 Å². The van der Waals surface area contributed by atoms with Crippen molar-refractivity contribution in [3.05, 3.63) is 64.2 Å². The molecule has 0 aliphatic carbocycles. The highest BCUT2D eigenvalue weighted by atomic mass is 35.5. The summed E-state index contributed by atoms with van der Waals surface area (Å²) in [5.74, 6) is -0.246. The second-order valence-electron chi connectivity index (χ2n) is 6.16. The van der Waals surface area contributed by atoms with Gasteiger partial charge in [-0.05, 0) is 29.1 Å². The van der Waals surface area contributed by atoms with Gasteiger partial charge < -0.3 is 10.2 Å². The molecule has 0 radical (unpaired) electrons. The third-order valence-corrected chi connectivity index (χ3v) is 6.34. The van der Waals surface area contributed by atoms with Crippen molar-refractivity contribution in [2.24, 2.45) is 0 Å². The Kier molecular flexibility index (Phi) is 8.39. The second-order valence-corrected chi connectivity index (χ2v) is 7.97. The number of aromatic nitrogens is 1. The van der Waals surface area contributed by atoms with Crippen molar-refractivity contribution in [1.29, 1.82) is 0 Å². The molecule has 3 heterocycles. The summed E-state index contributed by atoms with van der Waals surface area (Å²) in [6.45, 7) is 1.99. The molecule has 1 aliphatic rings. The number of rotatable bonds is 4. The first-order valence-corrected chi connectivity index (χ1v) is 10.2. The number of thiophene rings is 1. The quantitative estimate of drug-likeness (QED) is 0.621. The lowest BCUT2D eigenvalue weighted by atomic mass is 10.0. The maximum Gasteiger partial charge on any atom is 0.229 e. The molecule has 1 saturated heterocycles. The molecule has 1 amide bonds. The molecule has 1 fully saturated rings. The normalized spacial score (nSPS) is 16.2. The fraction of sp³-hybridized carbons (Fsp3) is 0.263. The van der Waals surface area contributed by atoms with Crippen LogP contribution >= 0.6 is 47.5 Å². The van der Waals surface area contributed by atoms with Gasteiger partial charge in [-0.3, -0.25) is 4.79 Å². The molecule has 1 aromatic carbocycles. The molecule has 28 heavy (non-hydrogen) atoms. The van der Waals surface area contributed by atoms with E-state index in [4.69, 9.17) is 0 Å². The van der Waals surface area contributed by atoms with Crippen LogP contribution in [-0.2, 0) is 11.2 Å². The van der Waals surface area contributed by atoms with Gasteiger partial charge in [-0.15, -0.1) is 47.5 Å². The number of amides is 1. The Morgan fingerprint density at radius 1 is 1.25 bits per heavy atom. The second kappa shape index (κ2) is 10.3. The van der Waals surface area contributed by atoms with Crippen LogP contribution in [0.1, 0.15) is 17.3 Å². The molecule has 4 nitrogen and oxygen atoms in total. The number of halogens is 3. The van der Waals surface area contributed by atoms with Gasteiger partial charge in [-0.25, -0.2) is 9.37 Å². The van der Waals surface area contributed by atoms with Gasteiger partial charge in [-0.1, -0.05) is 18.2 Å². The zero-order valence-electron chi connectivity index (χ0n) is 14.8. The van der Waals surface area contributed by atoms with E-state index in [2.05, 4.69) is 10.3 Å². The highest BCUT2D eigenvalue weighted by Gasteiger charge is 2.28. The predicted molar refractivity (Wildman–Crippen MR) is 117 cm³/mol. The van der Waals surface area contributed by atoms with Gasteiger partial charge in [-0.2, -0.15) is 0 Å². The molecule has 150 valence electrons. The minimum absolute atomic E-state index is 0. The summed E-state index contributed by atoms with van der Waals surface area (Å²) in [4.78, 5) is 20.5. The summed E-state index contributed by atoms with van der Waals surface area (Å²) in [5, 5.41) is 8.21. The summed E-state index contributed by atoms with van der Waals surface area (Å²) < 4.78 is 13.6. The Hall–Kier alpha value is -1.51. The van der Waals surface area contributed by atoms with Gasteiger partial charge in [0.15, 0.2) is 0 Å². The molecule has 3 aromatic rings. The van der Waals surface area contributed by atoms with Gasteiger partial charge in [0, 0.05) is 25.0 Å². The fourth-order valence-corrected chi connectivity index (χ4v) is 4.81. The lowest BCUT2D eigenvalue weighted by molar-refractivity contribution is -0.133. The van der Waals surface area contributed by atoms with Crippen molar-refractivity contribution in [1.82, 2.24) is 15.2 Å². The fourth-order valence-electron chi connectivity index (χ4n) is 3.17. The van der Waals surface area contributed by atoms with E-state index in [9.17, 15) is 9.18 Å². The van der Waals surface area contributed by atoms with E-state index < -0.39 is 0 Å². The summed E-state index contributed by atoms with van der Waals surface area (Å²) in [7, 11) is 0. The molecule has 2 aromatic heterocycles. The monoisotopic (exact) mass is 459 g/mol. The lowest BCUT2D eigenvalue weighted by Crippen LogP contribution is -2.49. The van der Waals surface area contributed by atoms with Crippen molar-refractivity contribution in [2.75, 3.05) is 19.6 Å². The van der Waals surface area contributed by atoms with Crippen LogP contribution in [0.2, 0.25) is 0 Å². The Morgan fingerprint density at radius 3 is 2.86 bits per heavy atom. The van der Waals surface area contributed by atoms with Crippen LogP contribution in [0.4, 0.5) is 4.39 Å². The highest BCUT2D eigenvalue weighted by molar-refractivity contribution is 7.20. The summed E-state index contributed by atoms with van der Waals surface area (Å²) in [5.41, 5.74) is 1.61. The van der Waals surface area contributed by atoms with Gasteiger partial charge in [0.25, 0.3) is 0 Å². The molecule has 1 N–H and O–H groups in total. The molecule has 0 bridgehead atoms. The van der Waals surface area contributed by atoms with E-state index in [1.807, 2.05) is 33.9 Å². The smallest absolute Gasteiger partial charge is 0.229 e. The molecule has 9 heteroatoms. The van der Waals surface area contributed by atoms with Crippen LogP contribution < -0.4 is 5.32 Å². The van der Waals surface area contributed by atoms with E-state index >= 15 is 0 Å². The zero-order valence-corrected chi connectivity index (χ0v) is 18.1. The molecular formula is C19H20Cl2FN3OS2. The number of thiazole rings is 1. The minimum Gasteiger partial charge on any atom is -0.333 e. The Labute approximate surface area is 183 Å². The third-order valence-electron chi connectivity index (χ3n) is 4.41. The van der Waals surface area contributed by atoms with Crippen LogP contribution in [0.15, 0.2) is 47.2 Å². The van der Waals surface area contributed by atoms with E-state index in [0.717, 1.165) is 27.7 Å². The van der Waals surface area contributed by atoms with Crippen molar-refractivity contribution >= 4 is 53.4 Å². The van der Waals surface area contributed by atoms with Gasteiger partial charge in [0.05, 0.1) is 23.0 Å². The number of nitrogens with zero attached hydrogens (tertiary/aromatic N) is 2. The first-order valence-electron chi connectivity index (χ1n) is 8.44. The maximum atomic E-state index is 13.6. The van der Waals surface area contributed by atoms with Gasteiger partial charge >= 0.3 is 0 Å². The molecule has 1 aliphatic heterocycles. The average molecular weight is 460 g/mol. The van der Waals surface area contributed by atoms with Crippen LogP contribution in [0.3, 0.4) is 0 Å². The van der Waals surface area contributed by atoms with Crippen LogP contribution in [0.25, 0.3) is 9.88 Å². The summed E-state index contributed by atoms with van der Waals surface area (Å²) in [6, 6.07) is 10.4. The zero-order chi connectivity index (χ0) is 17.9. The first-order chi connectivity index (χ1) is 12.7. The summed E-state index contributed by atoms with van der Waals surface area (Å²) in [6.07, 6.45) is 0.272. The molecule has 0 spiro atoms. The molecule has 0 saturated carbocycles. The minimum atomic E-state index is -0.277. The number of carbonyl (C=O) groups excluding carboxylic acids is 1. The summed E-state index contributed by atoms with van der Waals surface area (Å²) >= 11 is 3.21. The number of hydrogen-bond acceptors (Lipinski definition) is 5. The predicted octanol–water partition coefficient (Wildman–Crippen LogP) is 4.57. The molecular weight excluding hydrogens is 440 g/mol. The topological polar surface area (TPSA) is 45.2 Å². The standard InChI is InChI=1S/C19H18FN3OS2.2ClH/c20-14-4-1-3-13(9-14)16-11-21-6-7-23(16)18(24)10-15-12-26-19(22-15)17-5-2-8-25-17;;/h1-5,8-9,12,16,21H,6-7,10-11H2;2*1H. The number of piperazine rings is 1. The molecule has 1 unspecified atom stereocenters. The van der Waals surface area contributed by atoms with Gasteiger partial charge in [0.1, 0.15) is 10.8 Å². The van der Waals surface area contributed by atoms with E-state index in [1.165, 1.54) is 12.1 Å². The Morgan fingerprint density at radius 2 is 2.11 bits per heavy atom. The largest absolute Gasteiger partial charge is 0.333 e. The van der Waals surface area contributed by atoms with Crippen molar-refractivity contribution in [2.45, 2.75) is 12.5 Å². The van der Waals surface area contributed by atoms with E-state index in [-0.39, 0.29) is 49.0 Å². The van der Waals surface area contributed by atoms with Crippen LogP contribution in [0, 0.1) is 5.82 Å². The third kappa shape index (κ3) is 5.10. The lowest BCUT2D eigenvalue weighted by Gasteiger charge is -2.36. The van der Waals surface area contributed by atoms with Crippen molar-refractivity contribution < 1.29 is 9.18 Å². The maximum absolute atomic E-state index is 13.6. The van der Waals surface area contributed by atoms with E-state index in [0.29, 0.717) is 13.1 Å². The van der Waals surface area contributed by atoms with E-state index in [1.54, 1.807) is 28.7 Å².